The molecule has 4 aromatic heterocycles. The molecule has 0 radical (unpaired) electrons. The summed E-state index contributed by atoms with van der Waals surface area (Å²) in [6.07, 6.45) is 1.46. The Morgan fingerprint density at radius 2 is 2.12 bits per heavy atom. The van der Waals surface area contributed by atoms with E-state index in [2.05, 4.69) is 4.98 Å². The molecule has 1 aromatic carbocycles. The Hall–Kier alpha value is -3.56. The lowest BCUT2D eigenvalue weighted by Crippen LogP contribution is -2.41. The van der Waals surface area contributed by atoms with Gasteiger partial charge in [-0.3, -0.25) is 14.2 Å². The van der Waals surface area contributed by atoms with Gasteiger partial charge in [0.2, 0.25) is 5.91 Å². The molecule has 9 heteroatoms. The summed E-state index contributed by atoms with van der Waals surface area (Å²) in [5, 5.41) is 2.86. The zero-order chi connectivity index (χ0) is 22.5. The Bertz CT molecular complexity index is 1590. The number of aryl methyl sites for hydroxylation is 1. The van der Waals surface area contributed by atoms with Gasteiger partial charge in [0.25, 0.3) is 5.56 Å². The van der Waals surface area contributed by atoms with Crippen molar-refractivity contribution in [2.45, 2.75) is 13.5 Å². The van der Waals surface area contributed by atoms with Gasteiger partial charge in [0.15, 0.2) is 0 Å². The number of carbonyl (C=O) groups is 1. The number of rotatable bonds is 3. The minimum atomic E-state index is -0.230. The van der Waals surface area contributed by atoms with Crippen LogP contribution in [0.1, 0.15) is 5.56 Å². The average molecular weight is 475 g/mol. The maximum absolute atomic E-state index is 13.2. The number of pyridine rings is 1. The van der Waals surface area contributed by atoms with E-state index >= 15 is 0 Å². The molecule has 0 saturated heterocycles. The monoisotopic (exact) mass is 474 g/mol. The molecule has 0 saturated carbocycles. The topological polar surface area (TPSA) is 77.3 Å². The first-order chi connectivity index (χ1) is 16.1. The van der Waals surface area contributed by atoms with Gasteiger partial charge >= 0.3 is 0 Å². The van der Waals surface area contributed by atoms with Gasteiger partial charge in [-0.25, -0.2) is 9.97 Å². The molecular weight excluding hydrogens is 456 g/mol. The highest BCUT2D eigenvalue weighted by atomic mass is 32.1. The van der Waals surface area contributed by atoms with E-state index in [0.29, 0.717) is 29.1 Å². The molecule has 0 spiro atoms. The Labute approximate surface area is 196 Å². The molecule has 0 unspecified atom stereocenters. The van der Waals surface area contributed by atoms with Crippen LogP contribution in [0.5, 0.6) is 5.75 Å². The van der Waals surface area contributed by atoms with Crippen LogP contribution in [-0.2, 0) is 11.3 Å². The van der Waals surface area contributed by atoms with Crippen LogP contribution in [0.4, 0.5) is 5.69 Å². The summed E-state index contributed by atoms with van der Waals surface area (Å²) in [6.45, 7) is 2.75. The molecule has 1 amide bonds. The molecule has 0 fully saturated rings. The standard InChI is InChI=1S/C24H18N4O3S2/c1-14-4-7-18-17(11-14)28(8-9-31-18)20(29)12-27-13-25-21-15-5-6-16(19-3-2-10-32-19)26-23(15)33-22(21)24(27)30/h2-7,10-11,13H,8-9,12H2,1H3. The number of aromatic nitrogens is 3. The lowest BCUT2D eigenvalue weighted by atomic mass is 10.1. The second-order valence-electron chi connectivity index (χ2n) is 7.85. The average Bonchev–Trinajstić information content (AvgIpc) is 3.48. The van der Waals surface area contributed by atoms with Crippen molar-refractivity contribution >= 4 is 54.7 Å². The Morgan fingerprint density at radius 3 is 2.97 bits per heavy atom. The number of carbonyl (C=O) groups excluding carboxylic acids is 1. The molecule has 164 valence electrons. The number of ether oxygens (including phenoxy) is 1. The SMILES string of the molecule is Cc1ccc2c(c1)N(C(=O)Cn1cnc3c(sc4nc(-c5cccs5)ccc43)c1=O)CCO2. The third-order valence-corrected chi connectivity index (χ3v) is 7.64. The summed E-state index contributed by atoms with van der Waals surface area (Å²) in [6, 6.07) is 13.7. The smallest absolute Gasteiger partial charge is 0.271 e. The van der Waals surface area contributed by atoms with E-state index in [1.807, 2.05) is 54.8 Å². The number of hydrogen-bond acceptors (Lipinski definition) is 7. The Kier molecular flexibility index (Phi) is 4.74. The predicted molar refractivity (Wildman–Crippen MR) is 132 cm³/mol. The number of benzene rings is 1. The molecule has 1 aliphatic rings. The van der Waals surface area contributed by atoms with Crippen molar-refractivity contribution in [1.82, 2.24) is 14.5 Å². The molecule has 0 N–H and O–H groups in total. The van der Waals surface area contributed by atoms with Gasteiger partial charge in [-0.2, -0.15) is 0 Å². The van der Waals surface area contributed by atoms with Crippen LogP contribution >= 0.6 is 22.7 Å². The van der Waals surface area contributed by atoms with Crippen molar-refractivity contribution in [3.05, 3.63) is 70.1 Å². The van der Waals surface area contributed by atoms with Crippen LogP contribution in [0.25, 0.3) is 31.0 Å². The van der Waals surface area contributed by atoms with E-state index in [4.69, 9.17) is 9.72 Å². The van der Waals surface area contributed by atoms with Crippen LogP contribution in [-0.4, -0.2) is 33.6 Å². The van der Waals surface area contributed by atoms with Crippen LogP contribution < -0.4 is 15.2 Å². The first kappa shape index (κ1) is 20.1. The van der Waals surface area contributed by atoms with Gasteiger partial charge in [-0.15, -0.1) is 22.7 Å². The maximum Gasteiger partial charge on any atom is 0.271 e. The van der Waals surface area contributed by atoms with Crippen LogP contribution in [0, 0.1) is 6.92 Å². The normalized spacial score (nSPS) is 13.3. The lowest BCUT2D eigenvalue weighted by Gasteiger charge is -2.30. The lowest BCUT2D eigenvalue weighted by molar-refractivity contribution is -0.119. The molecule has 7 nitrogen and oxygen atoms in total. The highest BCUT2D eigenvalue weighted by Crippen LogP contribution is 2.34. The third-order valence-electron chi connectivity index (χ3n) is 5.67. The van der Waals surface area contributed by atoms with Gasteiger partial charge in [0, 0.05) is 5.39 Å². The van der Waals surface area contributed by atoms with E-state index in [1.165, 1.54) is 22.2 Å². The fourth-order valence-electron chi connectivity index (χ4n) is 4.04. The summed E-state index contributed by atoms with van der Waals surface area (Å²) in [5.74, 6) is 0.505. The molecule has 33 heavy (non-hydrogen) atoms. The van der Waals surface area contributed by atoms with E-state index in [9.17, 15) is 9.59 Å². The number of thiophene rings is 2. The van der Waals surface area contributed by atoms with E-state index in [0.717, 1.165) is 32.0 Å². The fourth-order valence-corrected chi connectivity index (χ4v) is 5.81. The first-order valence-corrected chi connectivity index (χ1v) is 12.1. The van der Waals surface area contributed by atoms with E-state index in [-0.39, 0.29) is 18.0 Å². The number of hydrogen-bond donors (Lipinski definition) is 0. The molecule has 0 bridgehead atoms. The van der Waals surface area contributed by atoms with Gasteiger partial charge in [-0.05, 0) is 48.2 Å². The first-order valence-electron chi connectivity index (χ1n) is 10.4. The number of anilines is 1. The highest BCUT2D eigenvalue weighted by molar-refractivity contribution is 7.25. The fraction of sp³-hybridized carbons (Fsp3) is 0.167. The van der Waals surface area contributed by atoms with Crippen molar-refractivity contribution in [3.63, 3.8) is 0 Å². The van der Waals surface area contributed by atoms with Gasteiger partial charge in [-0.1, -0.05) is 12.1 Å². The summed E-state index contributed by atoms with van der Waals surface area (Å²) in [4.78, 5) is 39.2. The highest BCUT2D eigenvalue weighted by Gasteiger charge is 2.25. The summed E-state index contributed by atoms with van der Waals surface area (Å²) < 4.78 is 7.57. The van der Waals surface area contributed by atoms with Crippen LogP contribution in [0.3, 0.4) is 0 Å². The Balaban J connectivity index is 1.36. The van der Waals surface area contributed by atoms with Crippen molar-refractivity contribution < 1.29 is 9.53 Å². The molecular formula is C24H18N4O3S2. The van der Waals surface area contributed by atoms with Crippen molar-refractivity contribution in [2.75, 3.05) is 18.1 Å². The zero-order valence-corrected chi connectivity index (χ0v) is 19.3. The number of nitrogens with zero attached hydrogens (tertiary/aromatic N) is 4. The second-order valence-corrected chi connectivity index (χ2v) is 9.80. The molecule has 5 heterocycles. The third kappa shape index (κ3) is 3.40. The van der Waals surface area contributed by atoms with Gasteiger partial charge in [0.05, 0.1) is 34.6 Å². The summed E-state index contributed by atoms with van der Waals surface area (Å²) in [5.41, 5.74) is 3.05. The van der Waals surface area contributed by atoms with Crippen molar-refractivity contribution in [3.8, 4) is 16.3 Å². The largest absolute Gasteiger partial charge is 0.490 e. The minimum Gasteiger partial charge on any atom is -0.490 e. The molecule has 6 rings (SSSR count). The zero-order valence-electron chi connectivity index (χ0n) is 17.6. The number of fused-ring (bicyclic) bond motifs is 4. The van der Waals surface area contributed by atoms with Crippen LogP contribution in [0.2, 0.25) is 0 Å². The van der Waals surface area contributed by atoms with Gasteiger partial charge < -0.3 is 9.64 Å². The van der Waals surface area contributed by atoms with Gasteiger partial charge in [0.1, 0.15) is 28.4 Å². The quantitative estimate of drug-likeness (QED) is 0.386. The summed E-state index contributed by atoms with van der Waals surface area (Å²) in [7, 11) is 0. The van der Waals surface area contributed by atoms with Crippen LogP contribution in [0.15, 0.2) is 59.0 Å². The van der Waals surface area contributed by atoms with Crippen molar-refractivity contribution in [2.24, 2.45) is 0 Å². The molecule has 5 aromatic rings. The maximum atomic E-state index is 13.2. The number of amides is 1. The Morgan fingerprint density at radius 1 is 1.21 bits per heavy atom. The molecule has 0 aliphatic carbocycles. The molecule has 0 atom stereocenters. The van der Waals surface area contributed by atoms with Crippen molar-refractivity contribution in [1.29, 1.82) is 0 Å². The predicted octanol–water partition coefficient (Wildman–Crippen LogP) is 4.47. The summed E-state index contributed by atoms with van der Waals surface area (Å²) >= 11 is 2.94. The van der Waals surface area contributed by atoms with E-state index < -0.39 is 0 Å². The minimum absolute atomic E-state index is 0.0860. The molecule has 1 aliphatic heterocycles. The second kappa shape index (κ2) is 7.79. The van der Waals surface area contributed by atoms with E-state index in [1.54, 1.807) is 16.2 Å².